The zero-order chi connectivity index (χ0) is 15.1. The molecule has 110 valence electrons. The van der Waals surface area contributed by atoms with E-state index in [2.05, 4.69) is 22.2 Å². The van der Waals surface area contributed by atoms with Gasteiger partial charge in [-0.15, -0.1) is 0 Å². The third-order valence-corrected chi connectivity index (χ3v) is 2.14. The first-order valence-corrected chi connectivity index (χ1v) is 6.31. The van der Waals surface area contributed by atoms with Gasteiger partial charge in [0.2, 0.25) is 0 Å². The van der Waals surface area contributed by atoms with Crippen LogP contribution in [0.3, 0.4) is 0 Å². The number of carbonyl (C=O) groups is 1. The predicted octanol–water partition coefficient (Wildman–Crippen LogP) is 1.73. The molecule has 0 unspecified atom stereocenters. The second kappa shape index (κ2) is 7.89. The number of nitrogens with one attached hydrogen (secondary N) is 2. The summed E-state index contributed by atoms with van der Waals surface area (Å²) in [5.41, 5.74) is -0.495. The van der Waals surface area contributed by atoms with E-state index in [1.54, 1.807) is 19.0 Å². The summed E-state index contributed by atoms with van der Waals surface area (Å²) in [5, 5.41) is 5.87. The fourth-order valence-electron chi connectivity index (χ4n) is 0.936. The summed E-state index contributed by atoms with van der Waals surface area (Å²) >= 11 is 5.83. The Morgan fingerprint density at radius 1 is 1.32 bits per heavy atom. The van der Waals surface area contributed by atoms with Gasteiger partial charge in [-0.05, 0) is 32.4 Å². The second-order valence-electron chi connectivity index (χ2n) is 5.08. The van der Waals surface area contributed by atoms with Crippen molar-refractivity contribution in [3.8, 4) is 0 Å². The van der Waals surface area contributed by atoms with Crippen LogP contribution in [0.4, 0.5) is 4.79 Å². The van der Waals surface area contributed by atoms with Gasteiger partial charge in [-0.1, -0.05) is 6.58 Å². The molecule has 0 atom stereocenters. The fourth-order valence-corrected chi connectivity index (χ4v) is 1.04. The van der Waals surface area contributed by atoms with Gasteiger partial charge in [0.15, 0.2) is 5.29 Å². The van der Waals surface area contributed by atoms with E-state index in [1.807, 2.05) is 20.8 Å². The first-order valence-electron chi connectivity index (χ1n) is 5.93. The number of aliphatic imine (C=N–C) groups is 1. The van der Waals surface area contributed by atoms with Crippen molar-refractivity contribution in [1.29, 1.82) is 0 Å². The van der Waals surface area contributed by atoms with E-state index < -0.39 is 11.7 Å². The number of halogens is 1. The Balaban J connectivity index is 3.85. The number of hydrogen-bond acceptors (Lipinski definition) is 4. The maximum absolute atomic E-state index is 11.3. The zero-order valence-corrected chi connectivity index (χ0v) is 13.0. The molecule has 0 aromatic heterocycles. The number of hydrogen-bond donors (Lipinski definition) is 2. The zero-order valence-electron chi connectivity index (χ0n) is 12.2. The number of amides is 1. The van der Waals surface area contributed by atoms with Crippen LogP contribution in [0.15, 0.2) is 17.4 Å². The largest absolute Gasteiger partial charge is 0.444 e. The maximum atomic E-state index is 11.3. The van der Waals surface area contributed by atoms with E-state index in [0.717, 1.165) is 0 Å². The van der Waals surface area contributed by atoms with Crippen LogP contribution in [-0.4, -0.2) is 49.1 Å². The van der Waals surface area contributed by atoms with Gasteiger partial charge in [0, 0.05) is 27.2 Å². The van der Waals surface area contributed by atoms with Gasteiger partial charge in [0.05, 0.1) is 0 Å². The lowest BCUT2D eigenvalue weighted by Gasteiger charge is -2.19. The molecular weight excluding hydrogens is 268 g/mol. The molecule has 19 heavy (non-hydrogen) atoms. The van der Waals surface area contributed by atoms with Crippen LogP contribution in [0.25, 0.3) is 0 Å². The fraction of sp³-hybridized carbons (Fsp3) is 0.667. The molecule has 0 aliphatic heterocycles. The van der Waals surface area contributed by atoms with Gasteiger partial charge in [-0.2, -0.15) is 0 Å². The first-order chi connectivity index (χ1) is 8.61. The average molecular weight is 291 g/mol. The summed E-state index contributed by atoms with van der Waals surface area (Å²) in [5.74, 6) is 0.435. The molecule has 6 nitrogen and oxygen atoms in total. The first kappa shape index (κ1) is 17.6. The minimum absolute atomic E-state index is 0.331. The number of rotatable bonds is 5. The molecule has 0 aromatic carbocycles. The van der Waals surface area contributed by atoms with Crippen molar-refractivity contribution in [2.45, 2.75) is 26.4 Å². The SMILES string of the molecule is C=C(/N=C(/Cl)N(C)C)NCCNC(=O)OC(C)(C)C. The predicted molar refractivity (Wildman–Crippen MR) is 78.4 cm³/mol. The van der Waals surface area contributed by atoms with Crippen LogP contribution in [0.2, 0.25) is 0 Å². The minimum atomic E-state index is -0.495. The summed E-state index contributed by atoms with van der Waals surface area (Å²) in [6.45, 7) is 10.0. The molecule has 0 saturated carbocycles. The normalized spacial score (nSPS) is 11.8. The van der Waals surface area contributed by atoms with E-state index in [9.17, 15) is 4.79 Å². The number of amidine groups is 1. The maximum Gasteiger partial charge on any atom is 0.407 e. The molecule has 0 aliphatic rings. The molecule has 0 fully saturated rings. The molecule has 0 heterocycles. The summed E-state index contributed by atoms with van der Waals surface area (Å²) < 4.78 is 5.09. The highest BCUT2D eigenvalue weighted by atomic mass is 35.5. The average Bonchev–Trinajstić information content (AvgIpc) is 2.21. The molecule has 0 aromatic rings. The molecule has 0 saturated heterocycles. The molecule has 0 aliphatic carbocycles. The van der Waals surface area contributed by atoms with Crippen LogP contribution in [0, 0.1) is 0 Å². The molecule has 7 heteroatoms. The standard InChI is InChI=1S/C12H23ClN4O2/c1-9(16-10(13)17(5)6)14-7-8-15-11(18)19-12(2,3)4/h14H,1,7-8H2,2-6H3,(H,15,18)/b16-10-. The summed E-state index contributed by atoms with van der Waals surface area (Å²) in [6, 6.07) is 0. The Kier molecular flexibility index (Phi) is 7.29. The Labute approximate surface area is 119 Å². The minimum Gasteiger partial charge on any atom is -0.444 e. The Bertz CT molecular complexity index is 348. The number of ether oxygens (including phenoxy) is 1. The van der Waals surface area contributed by atoms with E-state index in [-0.39, 0.29) is 0 Å². The highest BCUT2D eigenvalue weighted by Gasteiger charge is 2.15. The monoisotopic (exact) mass is 290 g/mol. The van der Waals surface area contributed by atoms with Gasteiger partial charge in [0.1, 0.15) is 11.4 Å². The van der Waals surface area contributed by atoms with Crippen molar-refractivity contribution in [2.24, 2.45) is 4.99 Å². The molecule has 2 N–H and O–H groups in total. The van der Waals surface area contributed by atoms with E-state index >= 15 is 0 Å². The van der Waals surface area contributed by atoms with Crippen LogP contribution in [-0.2, 0) is 4.74 Å². The number of carbonyl (C=O) groups excluding carboxylic acids is 1. The number of alkyl carbamates (subject to hydrolysis) is 1. The smallest absolute Gasteiger partial charge is 0.407 e. The third kappa shape index (κ3) is 10.2. The molecule has 0 bridgehead atoms. The van der Waals surface area contributed by atoms with Crippen molar-refractivity contribution in [1.82, 2.24) is 15.5 Å². The van der Waals surface area contributed by atoms with Crippen LogP contribution < -0.4 is 10.6 Å². The Morgan fingerprint density at radius 3 is 2.32 bits per heavy atom. The van der Waals surface area contributed by atoms with Crippen molar-refractivity contribution in [2.75, 3.05) is 27.2 Å². The van der Waals surface area contributed by atoms with E-state index in [4.69, 9.17) is 16.3 Å². The van der Waals surface area contributed by atoms with Gasteiger partial charge in [-0.25, -0.2) is 9.79 Å². The highest BCUT2D eigenvalue weighted by Crippen LogP contribution is 2.06. The van der Waals surface area contributed by atoms with Crippen LogP contribution in [0.5, 0.6) is 0 Å². The quantitative estimate of drug-likeness (QED) is 0.350. The lowest BCUT2D eigenvalue weighted by atomic mass is 10.2. The van der Waals surface area contributed by atoms with Crippen molar-refractivity contribution < 1.29 is 9.53 Å². The van der Waals surface area contributed by atoms with Gasteiger partial charge >= 0.3 is 6.09 Å². The summed E-state index contributed by atoms with van der Waals surface area (Å²) in [7, 11) is 3.56. The van der Waals surface area contributed by atoms with Crippen LogP contribution in [0.1, 0.15) is 20.8 Å². The molecule has 0 spiro atoms. The van der Waals surface area contributed by atoms with Crippen molar-refractivity contribution in [3.05, 3.63) is 12.4 Å². The van der Waals surface area contributed by atoms with Gasteiger partial charge in [0.25, 0.3) is 0 Å². The van der Waals surface area contributed by atoms with Crippen LogP contribution >= 0.6 is 11.6 Å². The van der Waals surface area contributed by atoms with E-state index in [1.165, 1.54) is 0 Å². The Hall–Kier alpha value is -1.43. The summed E-state index contributed by atoms with van der Waals surface area (Å²) in [4.78, 5) is 17.0. The van der Waals surface area contributed by atoms with E-state index in [0.29, 0.717) is 24.2 Å². The summed E-state index contributed by atoms with van der Waals surface area (Å²) in [6.07, 6.45) is -0.449. The van der Waals surface area contributed by atoms with Gasteiger partial charge < -0.3 is 20.3 Å². The molecule has 0 radical (unpaired) electrons. The lowest BCUT2D eigenvalue weighted by Crippen LogP contribution is -2.36. The topological polar surface area (TPSA) is 66.0 Å². The molecular formula is C12H23ClN4O2. The molecule has 0 rings (SSSR count). The Morgan fingerprint density at radius 2 is 1.84 bits per heavy atom. The lowest BCUT2D eigenvalue weighted by molar-refractivity contribution is 0.0528. The van der Waals surface area contributed by atoms with Crippen molar-refractivity contribution >= 4 is 23.0 Å². The highest BCUT2D eigenvalue weighted by molar-refractivity contribution is 6.64. The van der Waals surface area contributed by atoms with Gasteiger partial charge in [-0.3, -0.25) is 0 Å². The molecule has 1 amide bonds. The van der Waals surface area contributed by atoms with Crippen molar-refractivity contribution in [3.63, 3.8) is 0 Å². The number of nitrogens with zero attached hydrogens (tertiary/aromatic N) is 2. The second-order valence-corrected chi connectivity index (χ2v) is 5.42. The third-order valence-electron chi connectivity index (χ3n) is 1.72.